The maximum absolute atomic E-state index is 11.5. The molecule has 0 saturated carbocycles. The zero-order chi connectivity index (χ0) is 17.0. The third-order valence-corrected chi connectivity index (χ3v) is 4.13. The molecule has 0 aromatic rings. The maximum Gasteiger partial charge on any atom is 0.331 e. The van der Waals surface area contributed by atoms with Gasteiger partial charge in [0.2, 0.25) is 0 Å². The Bertz CT molecular complexity index is 353. The van der Waals surface area contributed by atoms with Crippen LogP contribution in [0.5, 0.6) is 0 Å². The van der Waals surface area contributed by atoms with Crippen molar-refractivity contribution in [3.8, 4) is 0 Å². The van der Waals surface area contributed by atoms with Gasteiger partial charge in [0.25, 0.3) is 0 Å². The second kappa shape index (κ2) is 12.5. The molecular weight excluding hydrogens is 272 g/mol. The second-order valence-corrected chi connectivity index (χ2v) is 6.73. The van der Waals surface area contributed by atoms with E-state index in [9.17, 15) is 4.79 Å². The third-order valence-electron chi connectivity index (χ3n) is 4.13. The predicted molar refractivity (Wildman–Crippen MR) is 95.8 cm³/mol. The van der Waals surface area contributed by atoms with Gasteiger partial charge in [-0.05, 0) is 44.6 Å². The summed E-state index contributed by atoms with van der Waals surface area (Å²) in [7, 11) is 0. The standard InChI is InChI=1S/C20H36O2/c1-7-17(5)11-9-13-19(8-2)14-10-12-18(6)15-20(21)22-16(3)4/h10,12,15-17,19H,7-9,11,13-14H2,1-6H3. The Morgan fingerprint density at radius 1 is 1.09 bits per heavy atom. The Morgan fingerprint density at radius 3 is 2.32 bits per heavy atom. The zero-order valence-corrected chi connectivity index (χ0v) is 15.5. The Morgan fingerprint density at radius 2 is 1.77 bits per heavy atom. The van der Waals surface area contributed by atoms with Gasteiger partial charge in [0.05, 0.1) is 6.10 Å². The lowest BCUT2D eigenvalue weighted by Crippen LogP contribution is -2.08. The van der Waals surface area contributed by atoms with Crippen molar-refractivity contribution in [2.75, 3.05) is 0 Å². The molecule has 0 rings (SSSR count). The molecule has 0 aromatic carbocycles. The normalized spacial score (nSPS) is 15.3. The van der Waals surface area contributed by atoms with E-state index in [1.807, 2.05) is 26.8 Å². The van der Waals surface area contributed by atoms with Crippen molar-refractivity contribution in [2.24, 2.45) is 11.8 Å². The minimum Gasteiger partial charge on any atom is -0.460 e. The number of rotatable bonds is 11. The fraction of sp³-hybridized carbons (Fsp3) is 0.750. The van der Waals surface area contributed by atoms with Gasteiger partial charge in [-0.1, -0.05) is 65.0 Å². The summed E-state index contributed by atoms with van der Waals surface area (Å²) in [5, 5.41) is 0. The van der Waals surface area contributed by atoms with Crippen LogP contribution in [0.25, 0.3) is 0 Å². The summed E-state index contributed by atoms with van der Waals surface area (Å²) in [6.07, 6.45) is 13.3. The molecule has 22 heavy (non-hydrogen) atoms. The first-order chi connectivity index (χ1) is 10.4. The Kier molecular flexibility index (Phi) is 11.9. The van der Waals surface area contributed by atoms with Crippen LogP contribution in [-0.4, -0.2) is 12.1 Å². The summed E-state index contributed by atoms with van der Waals surface area (Å²) in [5.41, 5.74) is 0.958. The third kappa shape index (κ3) is 11.6. The van der Waals surface area contributed by atoms with Crippen LogP contribution in [-0.2, 0) is 9.53 Å². The predicted octanol–water partition coefficient (Wildman–Crippen LogP) is 6.07. The highest BCUT2D eigenvalue weighted by Gasteiger charge is 2.06. The van der Waals surface area contributed by atoms with Gasteiger partial charge in [0, 0.05) is 6.08 Å². The Hall–Kier alpha value is -1.05. The van der Waals surface area contributed by atoms with E-state index in [2.05, 4.69) is 26.8 Å². The fourth-order valence-corrected chi connectivity index (χ4v) is 2.39. The van der Waals surface area contributed by atoms with Crippen molar-refractivity contribution in [2.45, 2.75) is 86.2 Å². The molecule has 0 aromatic heterocycles. The molecular formula is C20H36O2. The SMILES string of the molecule is CCC(C)CCCC(CC)CC=CC(C)=CC(=O)OC(C)C. The molecule has 0 fully saturated rings. The molecule has 2 nitrogen and oxygen atoms in total. The summed E-state index contributed by atoms with van der Waals surface area (Å²) in [5.74, 6) is 1.36. The molecule has 2 heteroatoms. The molecule has 0 amide bonds. The second-order valence-electron chi connectivity index (χ2n) is 6.73. The number of carbonyl (C=O) groups is 1. The molecule has 0 heterocycles. The average Bonchev–Trinajstić information content (AvgIpc) is 2.44. The van der Waals surface area contributed by atoms with E-state index < -0.39 is 0 Å². The van der Waals surface area contributed by atoms with E-state index in [1.165, 1.54) is 32.1 Å². The van der Waals surface area contributed by atoms with Crippen molar-refractivity contribution < 1.29 is 9.53 Å². The smallest absolute Gasteiger partial charge is 0.331 e. The van der Waals surface area contributed by atoms with E-state index in [-0.39, 0.29) is 12.1 Å². The minimum absolute atomic E-state index is 0.0597. The van der Waals surface area contributed by atoms with Gasteiger partial charge in [-0.25, -0.2) is 4.79 Å². The van der Waals surface area contributed by atoms with Crippen molar-refractivity contribution in [1.29, 1.82) is 0 Å². The Labute approximate surface area is 138 Å². The van der Waals surface area contributed by atoms with Crippen LogP contribution in [0.4, 0.5) is 0 Å². The van der Waals surface area contributed by atoms with Crippen molar-refractivity contribution in [3.63, 3.8) is 0 Å². The van der Waals surface area contributed by atoms with E-state index in [0.717, 1.165) is 23.8 Å². The maximum atomic E-state index is 11.5. The van der Waals surface area contributed by atoms with E-state index in [0.29, 0.717) is 0 Å². The molecule has 0 bridgehead atoms. The first-order valence-electron chi connectivity index (χ1n) is 8.94. The van der Waals surface area contributed by atoms with Gasteiger partial charge in [-0.2, -0.15) is 0 Å². The highest BCUT2D eigenvalue weighted by atomic mass is 16.5. The summed E-state index contributed by atoms with van der Waals surface area (Å²) < 4.78 is 5.11. The van der Waals surface area contributed by atoms with E-state index in [1.54, 1.807) is 6.08 Å². The van der Waals surface area contributed by atoms with Gasteiger partial charge in [-0.3, -0.25) is 0 Å². The Balaban J connectivity index is 4.14. The lowest BCUT2D eigenvalue weighted by atomic mass is 9.92. The van der Waals surface area contributed by atoms with Gasteiger partial charge < -0.3 is 4.74 Å². The van der Waals surface area contributed by atoms with Gasteiger partial charge in [0.15, 0.2) is 0 Å². The van der Waals surface area contributed by atoms with Crippen LogP contribution >= 0.6 is 0 Å². The van der Waals surface area contributed by atoms with Gasteiger partial charge in [-0.15, -0.1) is 0 Å². The molecule has 2 atom stereocenters. The molecule has 0 aliphatic rings. The fourth-order valence-electron chi connectivity index (χ4n) is 2.39. The largest absolute Gasteiger partial charge is 0.460 e. The first-order valence-corrected chi connectivity index (χ1v) is 8.94. The van der Waals surface area contributed by atoms with Crippen LogP contribution in [0.2, 0.25) is 0 Å². The molecule has 2 unspecified atom stereocenters. The molecule has 0 spiro atoms. The number of esters is 1. The van der Waals surface area contributed by atoms with Crippen LogP contribution < -0.4 is 0 Å². The van der Waals surface area contributed by atoms with E-state index in [4.69, 9.17) is 4.74 Å². The molecule has 0 N–H and O–H groups in total. The van der Waals surface area contributed by atoms with Gasteiger partial charge in [0.1, 0.15) is 0 Å². The molecule has 0 aliphatic carbocycles. The van der Waals surface area contributed by atoms with Crippen molar-refractivity contribution >= 4 is 5.97 Å². The van der Waals surface area contributed by atoms with Crippen molar-refractivity contribution in [1.82, 2.24) is 0 Å². The summed E-state index contributed by atoms with van der Waals surface area (Å²) in [6, 6.07) is 0. The molecule has 0 aliphatic heterocycles. The summed E-state index contributed by atoms with van der Waals surface area (Å²) in [6.45, 7) is 12.5. The summed E-state index contributed by atoms with van der Waals surface area (Å²) >= 11 is 0. The van der Waals surface area contributed by atoms with Crippen LogP contribution in [0, 0.1) is 11.8 Å². The molecule has 0 saturated heterocycles. The average molecular weight is 309 g/mol. The highest BCUT2D eigenvalue weighted by Crippen LogP contribution is 2.20. The van der Waals surface area contributed by atoms with Crippen LogP contribution in [0.15, 0.2) is 23.8 Å². The van der Waals surface area contributed by atoms with Gasteiger partial charge >= 0.3 is 5.97 Å². The quantitative estimate of drug-likeness (QED) is 0.263. The van der Waals surface area contributed by atoms with Crippen molar-refractivity contribution in [3.05, 3.63) is 23.8 Å². The number of hydrogen-bond acceptors (Lipinski definition) is 2. The number of carbonyl (C=O) groups excluding carboxylic acids is 1. The number of ether oxygens (including phenoxy) is 1. The first kappa shape index (κ1) is 20.9. The zero-order valence-electron chi connectivity index (χ0n) is 15.5. The van der Waals surface area contributed by atoms with Crippen LogP contribution in [0.1, 0.15) is 80.1 Å². The highest BCUT2D eigenvalue weighted by molar-refractivity contribution is 5.83. The minimum atomic E-state index is -0.252. The lowest BCUT2D eigenvalue weighted by molar-refractivity contribution is -0.141. The lowest BCUT2D eigenvalue weighted by Gasteiger charge is -2.14. The van der Waals surface area contributed by atoms with E-state index >= 15 is 0 Å². The number of allylic oxidation sites excluding steroid dienone is 3. The molecule has 128 valence electrons. The number of hydrogen-bond donors (Lipinski definition) is 0. The molecule has 0 radical (unpaired) electrons. The summed E-state index contributed by atoms with van der Waals surface area (Å²) in [4.78, 5) is 11.5. The topological polar surface area (TPSA) is 26.3 Å². The van der Waals surface area contributed by atoms with Crippen LogP contribution in [0.3, 0.4) is 0 Å². The monoisotopic (exact) mass is 308 g/mol.